The molecule has 8 nitrogen and oxygen atoms in total. The maximum atomic E-state index is 12.6. The van der Waals surface area contributed by atoms with E-state index >= 15 is 0 Å². The van der Waals surface area contributed by atoms with E-state index in [4.69, 9.17) is 21.1 Å². The van der Waals surface area contributed by atoms with Gasteiger partial charge in [-0.3, -0.25) is 9.69 Å². The Kier molecular flexibility index (Phi) is 7.01. The number of nitrogens with zero attached hydrogens (tertiary/aromatic N) is 2. The fourth-order valence-electron chi connectivity index (χ4n) is 2.97. The first-order chi connectivity index (χ1) is 13.8. The molecule has 29 heavy (non-hydrogen) atoms. The van der Waals surface area contributed by atoms with Crippen LogP contribution >= 0.6 is 22.9 Å². The third-order valence-electron chi connectivity index (χ3n) is 4.48. The van der Waals surface area contributed by atoms with Gasteiger partial charge in [0.25, 0.3) is 10.0 Å². The lowest BCUT2D eigenvalue weighted by atomic mass is 10.2. The van der Waals surface area contributed by atoms with Crippen molar-refractivity contribution in [3.8, 4) is 11.5 Å². The average molecular weight is 460 g/mol. The summed E-state index contributed by atoms with van der Waals surface area (Å²) in [6.07, 6.45) is 0. The molecular formula is C18H22ClN3O5S2. The second-order valence-electron chi connectivity index (χ2n) is 6.39. The molecule has 1 fully saturated rings. The molecule has 2 aromatic rings. The highest BCUT2D eigenvalue weighted by Gasteiger charge is 2.30. The number of carbonyl (C=O) groups excluding carboxylic acids is 1. The zero-order valence-electron chi connectivity index (χ0n) is 16.1. The number of sulfonamides is 1. The zero-order valence-corrected chi connectivity index (χ0v) is 18.4. The third-order valence-corrected chi connectivity index (χ3v) is 8.07. The molecule has 1 amide bonds. The summed E-state index contributed by atoms with van der Waals surface area (Å²) in [6.45, 7) is 1.73. The number of nitrogens with one attached hydrogen (secondary N) is 1. The molecule has 0 unspecified atom stereocenters. The Hall–Kier alpha value is -1.85. The molecule has 1 aromatic carbocycles. The molecule has 0 spiro atoms. The Labute approximate surface area is 179 Å². The van der Waals surface area contributed by atoms with E-state index in [1.165, 1.54) is 24.6 Å². The number of halogens is 1. The van der Waals surface area contributed by atoms with Crippen LogP contribution in [0.5, 0.6) is 11.5 Å². The number of ether oxygens (including phenoxy) is 2. The first kappa shape index (κ1) is 21.8. The molecule has 2 heterocycles. The van der Waals surface area contributed by atoms with Gasteiger partial charge in [-0.1, -0.05) is 11.6 Å². The van der Waals surface area contributed by atoms with Crippen molar-refractivity contribution < 1.29 is 22.7 Å². The second-order valence-corrected chi connectivity index (χ2v) is 10.3. The summed E-state index contributed by atoms with van der Waals surface area (Å²) in [7, 11) is -0.465. The Balaban J connectivity index is 1.55. The molecule has 0 bridgehead atoms. The molecule has 1 N–H and O–H groups in total. The fourth-order valence-corrected chi connectivity index (χ4v) is 6.03. The van der Waals surface area contributed by atoms with Crippen LogP contribution in [-0.2, 0) is 14.8 Å². The lowest BCUT2D eigenvalue weighted by Gasteiger charge is -2.33. The van der Waals surface area contributed by atoms with Crippen molar-refractivity contribution in [2.24, 2.45) is 0 Å². The van der Waals surface area contributed by atoms with Crippen molar-refractivity contribution in [1.82, 2.24) is 9.21 Å². The summed E-state index contributed by atoms with van der Waals surface area (Å²) in [6, 6.07) is 8.22. The fraction of sp³-hybridized carbons (Fsp3) is 0.389. The summed E-state index contributed by atoms with van der Waals surface area (Å²) in [4.78, 5) is 14.3. The van der Waals surface area contributed by atoms with Gasteiger partial charge in [0.2, 0.25) is 5.91 Å². The standard InChI is InChI=1S/C18H22ClN3O5S2/c1-26-14-9-13(10-15(11-14)27-2)20-17(23)12-21-5-7-22(8-6-21)29(24,25)18-4-3-16(19)28-18/h3-4,9-11H,5-8,12H2,1-2H3,(H,20,23). The molecule has 0 aliphatic carbocycles. The molecule has 158 valence electrons. The lowest BCUT2D eigenvalue weighted by molar-refractivity contribution is -0.117. The average Bonchev–Trinajstić information content (AvgIpc) is 3.15. The van der Waals surface area contributed by atoms with E-state index in [2.05, 4.69) is 5.32 Å². The number of piperazine rings is 1. The number of anilines is 1. The number of benzene rings is 1. The summed E-state index contributed by atoms with van der Waals surface area (Å²) in [5.74, 6) is 0.959. The molecule has 0 saturated carbocycles. The summed E-state index contributed by atoms with van der Waals surface area (Å²) >= 11 is 6.90. The predicted octanol–water partition coefficient (Wildman–Crippen LogP) is 2.36. The van der Waals surface area contributed by atoms with E-state index in [-0.39, 0.29) is 16.7 Å². The van der Waals surface area contributed by atoms with Crippen LogP contribution in [0.2, 0.25) is 4.34 Å². The molecule has 1 aliphatic rings. The predicted molar refractivity (Wildman–Crippen MR) is 113 cm³/mol. The largest absolute Gasteiger partial charge is 0.497 e. The van der Waals surface area contributed by atoms with Gasteiger partial charge in [0.15, 0.2) is 0 Å². The number of hydrogen-bond acceptors (Lipinski definition) is 7. The van der Waals surface area contributed by atoms with Gasteiger partial charge in [-0.25, -0.2) is 8.42 Å². The minimum absolute atomic E-state index is 0.165. The van der Waals surface area contributed by atoms with Crippen LogP contribution in [0.15, 0.2) is 34.5 Å². The Morgan fingerprint density at radius 2 is 1.72 bits per heavy atom. The van der Waals surface area contributed by atoms with E-state index in [0.29, 0.717) is 47.7 Å². The Morgan fingerprint density at radius 3 is 2.24 bits per heavy atom. The molecule has 0 radical (unpaired) electrons. The van der Waals surface area contributed by atoms with Crippen molar-refractivity contribution in [3.63, 3.8) is 0 Å². The number of rotatable bonds is 7. The van der Waals surface area contributed by atoms with Gasteiger partial charge in [0, 0.05) is 50.1 Å². The smallest absolute Gasteiger partial charge is 0.252 e. The van der Waals surface area contributed by atoms with E-state index in [1.54, 1.807) is 24.3 Å². The third kappa shape index (κ3) is 5.40. The van der Waals surface area contributed by atoms with Crippen molar-refractivity contribution in [3.05, 3.63) is 34.7 Å². The molecule has 1 saturated heterocycles. The van der Waals surface area contributed by atoms with Crippen molar-refractivity contribution in [2.45, 2.75) is 4.21 Å². The van der Waals surface area contributed by atoms with Crippen LogP contribution in [0.3, 0.4) is 0 Å². The summed E-state index contributed by atoms with van der Waals surface area (Å²) < 4.78 is 37.8. The first-order valence-corrected chi connectivity index (χ1v) is 11.5. The Morgan fingerprint density at radius 1 is 1.10 bits per heavy atom. The van der Waals surface area contributed by atoms with Gasteiger partial charge in [-0.05, 0) is 12.1 Å². The molecule has 3 rings (SSSR count). The number of carbonyl (C=O) groups is 1. The van der Waals surface area contributed by atoms with Crippen LogP contribution in [0.4, 0.5) is 5.69 Å². The minimum atomic E-state index is -3.54. The van der Waals surface area contributed by atoms with Crippen LogP contribution in [-0.4, -0.2) is 70.5 Å². The number of methoxy groups -OCH3 is 2. The van der Waals surface area contributed by atoms with Crippen LogP contribution in [0.1, 0.15) is 0 Å². The van der Waals surface area contributed by atoms with Crippen LogP contribution in [0, 0.1) is 0 Å². The van der Waals surface area contributed by atoms with E-state index in [0.717, 1.165) is 11.3 Å². The minimum Gasteiger partial charge on any atom is -0.497 e. The van der Waals surface area contributed by atoms with Crippen LogP contribution in [0.25, 0.3) is 0 Å². The first-order valence-electron chi connectivity index (χ1n) is 8.82. The number of thiophene rings is 1. The van der Waals surface area contributed by atoms with E-state index in [1.807, 2.05) is 4.90 Å². The molecule has 1 aromatic heterocycles. The number of amides is 1. The highest BCUT2D eigenvalue weighted by Crippen LogP contribution is 2.29. The maximum absolute atomic E-state index is 12.6. The van der Waals surface area contributed by atoms with Gasteiger partial charge < -0.3 is 14.8 Å². The summed E-state index contributed by atoms with van der Waals surface area (Å²) in [5.41, 5.74) is 0.571. The quantitative estimate of drug-likeness (QED) is 0.683. The molecule has 0 atom stereocenters. The number of hydrogen-bond donors (Lipinski definition) is 1. The van der Waals surface area contributed by atoms with E-state index in [9.17, 15) is 13.2 Å². The monoisotopic (exact) mass is 459 g/mol. The van der Waals surface area contributed by atoms with Gasteiger partial charge in [0.1, 0.15) is 15.7 Å². The van der Waals surface area contributed by atoms with Gasteiger partial charge in [-0.15, -0.1) is 11.3 Å². The van der Waals surface area contributed by atoms with Crippen molar-refractivity contribution in [1.29, 1.82) is 0 Å². The Bertz CT molecular complexity index is 949. The second kappa shape index (κ2) is 9.31. The molecule has 11 heteroatoms. The van der Waals surface area contributed by atoms with Crippen molar-refractivity contribution in [2.75, 3.05) is 52.3 Å². The van der Waals surface area contributed by atoms with Gasteiger partial charge in [0.05, 0.1) is 25.1 Å². The van der Waals surface area contributed by atoms with Gasteiger partial charge >= 0.3 is 0 Å². The van der Waals surface area contributed by atoms with Gasteiger partial charge in [-0.2, -0.15) is 4.31 Å². The van der Waals surface area contributed by atoms with Crippen LogP contribution < -0.4 is 14.8 Å². The molecular weight excluding hydrogens is 438 g/mol. The SMILES string of the molecule is COc1cc(NC(=O)CN2CCN(S(=O)(=O)c3ccc(Cl)s3)CC2)cc(OC)c1. The summed E-state index contributed by atoms with van der Waals surface area (Å²) in [5, 5.41) is 2.82. The zero-order chi connectivity index (χ0) is 21.0. The van der Waals surface area contributed by atoms with E-state index < -0.39 is 10.0 Å². The highest BCUT2D eigenvalue weighted by molar-refractivity contribution is 7.91. The topological polar surface area (TPSA) is 88.2 Å². The highest BCUT2D eigenvalue weighted by atomic mass is 35.5. The van der Waals surface area contributed by atoms with Crippen molar-refractivity contribution >= 4 is 44.6 Å². The normalized spacial score (nSPS) is 15.8. The lowest BCUT2D eigenvalue weighted by Crippen LogP contribution is -2.50. The molecule has 1 aliphatic heterocycles. The maximum Gasteiger partial charge on any atom is 0.252 e.